The summed E-state index contributed by atoms with van der Waals surface area (Å²) in [6.07, 6.45) is -0.977. The topological polar surface area (TPSA) is 68.3 Å². The van der Waals surface area contributed by atoms with Crippen LogP contribution < -0.4 is 5.32 Å². The normalized spacial score (nSPS) is 11.7. The molecule has 0 radical (unpaired) electrons. The highest BCUT2D eigenvalue weighted by molar-refractivity contribution is 7.13. The Morgan fingerprint density at radius 3 is 2.45 bits per heavy atom. The van der Waals surface area contributed by atoms with Crippen LogP contribution in [0.15, 0.2) is 47.8 Å². The van der Waals surface area contributed by atoms with Crippen molar-refractivity contribution in [2.45, 2.75) is 33.3 Å². The molecule has 3 rings (SSSR count). The fraction of sp³-hybridized carbons (Fsp3) is 0.227. The summed E-state index contributed by atoms with van der Waals surface area (Å²) in [5, 5.41) is 5.26. The van der Waals surface area contributed by atoms with Gasteiger partial charge in [0.1, 0.15) is 10.8 Å². The Morgan fingerprint density at radius 2 is 1.79 bits per heavy atom. The summed E-state index contributed by atoms with van der Waals surface area (Å²) in [5.74, 6) is -1.24. The SMILES string of the molecule is Cc1cccc(C)c1NC(=O)[C@@H](C)OC(=O)Cc1csc(-c2ccc(F)cc2)n1. The minimum Gasteiger partial charge on any atom is -0.452 e. The number of esters is 1. The van der Waals surface area contributed by atoms with Gasteiger partial charge in [0.25, 0.3) is 5.91 Å². The summed E-state index contributed by atoms with van der Waals surface area (Å²) in [5.41, 5.74) is 3.92. The molecule has 1 aromatic heterocycles. The van der Waals surface area contributed by atoms with Crippen LogP contribution in [-0.2, 0) is 20.7 Å². The molecule has 0 saturated carbocycles. The highest BCUT2D eigenvalue weighted by Gasteiger charge is 2.20. The zero-order valence-electron chi connectivity index (χ0n) is 16.4. The molecule has 0 aliphatic carbocycles. The fourth-order valence-corrected chi connectivity index (χ4v) is 3.62. The first-order valence-corrected chi connectivity index (χ1v) is 9.98. The van der Waals surface area contributed by atoms with Crippen LogP contribution in [0.3, 0.4) is 0 Å². The number of aryl methyl sites for hydroxylation is 2. The van der Waals surface area contributed by atoms with Gasteiger partial charge in [0.2, 0.25) is 0 Å². The number of anilines is 1. The van der Waals surface area contributed by atoms with Crippen LogP contribution in [0.4, 0.5) is 10.1 Å². The van der Waals surface area contributed by atoms with E-state index >= 15 is 0 Å². The number of halogens is 1. The number of para-hydroxylation sites is 1. The van der Waals surface area contributed by atoms with E-state index in [1.807, 2.05) is 32.0 Å². The first-order chi connectivity index (χ1) is 13.8. The van der Waals surface area contributed by atoms with Crippen molar-refractivity contribution in [3.63, 3.8) is 0 Å². The van der Waals surface area contributed by atoms with E-state index in [0.29, 0.717) is 10.7 Å². The highest BCUT2D eigenvalue weighted by Crippen LogP contribution is 2.24. The Hall–Kier alpha value is -3.06. The van der Waals surface area contributed by atoms with Gasteiger partial charge < -0.3 is 10.1 Å². The zero-order valence-corrected chi connectivity index (χ0v) is 17.2. The molecular weight excluding hydrogens is 391 g/mol. The Kier molecular flexibility index (Phi) is 6.39. The maximum absolute atomic E-state index is 13.0. The van der Waals surface area contributed by atoms with Crippen molar-refractivity contribution in [3.05, 3.63) is 70.5 Å². The molecule has 0 bridgehead atoms. The van der Waals surface area contributed by atoms with Gasteiger partial charge in [-0.2, -0.15) is 0 Å². The van der Waals surface area contributed by atoms with E-state index in [0.717, 1.165) is 22.4 Å². The lowest BCUT2D eigenvalue weighted by atomic mass is 10.1. The second-order valence-corrected chi connectivity index (χ2v) is 7.57. The molecule has 0 saturated heterocycles. The number of rotatable bonds is 6. The number of nitrogens with one attached hydrogen (secondary N) is 1. The summed E-state index contributed by atoms with van der Waals surface area (Å²) in [6.45, 7) is 5.34. The molecule has 5 nitrogen and oxygen atoms in total. The lowest BCUT2D eigenvalue weighted by molar-refractivity contribution is -0.152. The Balaban J connectivity index is 1.57. The van der Waals surface area contributed by atoms with E-state index in [1.54, 1.807) is 17.5 Å². The molecule has 0 aliphatic heterocycles. The molecule has 150 valence electrons. The van der Waals surface area contributed by atoms with Crippen LogP contribution in [0.5, 0.6) is 0 Å². The number of thiazole rings is 1. The number of carbonyl (C=O) groups is 2. The van der Waals surface area contributed by atoms with Crippen molar-refractivity contribution in [1.82, 2.24) is 4.98 Å². The first kappa shape index (κ1) is 20.7. The minimum absolute atomic E-state index is 0.0429. The molecule has 29 heavy (non-hydrogen) atoms. The smallest absolute Gasteiger partial charge is 0.312 e. The fourth-order valence-electron chi connectivity index (χ4n) is 2.79. The number of amides is 1. The molecule has 3 aromatic rings. The van der Waals surface area contributed by atoms with E-state index in [2.05, 4.69) is 10.3 Å². The molecule has 1 amide bonds. The molecule has 1 N–H and O–H groups in total. The summed E-state index contributed by atoms with van der Waals surface area (Å²) in [7, 11) is 0. The number of hydrogen-bond donors (Lipinski definition) is 1. The largest absolute Gasteiger partial charge is 0.452 e. The molecule has 1 heterocycles. The maximum atomic E-state index is 13.0. The standard InChI is InChI=1S/C22H21FN2O3S/c1-13-5-4-6-14(2)20(13)25-21(27)15(3)28-19(26)11-18-12-29-22(24-18)16-7-9-17(23)10-8-16/h4-10,12,15H,11H2,1-3H3,(H,25,27)/t15-/m1/s1. The van der Waals surface area contributed by atoms with E-state index in [4.69, 9.17) is 4.74 Å². The van der Waals surface area contributed by atoms with E-state index in [1.165, 1.54) is 30.4 Å². The van der Waals surface area contributed by atoms with Crippen molar-refractivity contribution in [2.75, 3.05) is 5.32 Å². The maximum Gasteiger partial charge on any atom is 0.312 e. The molecule has 0 fully saturated rings. The van der Waals surface area contributed by atoms with Gasteiger partial charge >= 0.3 is 5.97 Å². The summed E-state index contributed by atoms with van der Waals surface area (Å²) >= 11 is 1.36. The van der Waals surface area contributed by atoms with E-state index in [9.17, 15) is 14.0 Å². The molecule has 0 spiro atoms. The van der Waals surface area contributed by atoms with Crippen molar-refractivity contribution in [3.8, 4) is 10.6 Å². The lowest BCUT2D eigenvalue weighted by Crippen LogP contribution is -2.31. The van der Waals surface area contributed by atoms with E-state index in [-0.39, 0.29) is 18.1 Å². The third-order valence-corrected chi connectivity index (χ3v) is 5.32. The second-order valence-electron chi connectivity index (χ2n) is 6.72. The third kappa shape index (κ3) is 5.26. The van der Waals surface area contributed by atoms with Gasteiger partial charge in [0, 0.05) is 16.6 Å². The van der Waals surface area contributed by atoms with Gasteiger partial charge in [-0.05, 0) is 56.2 Å². The average molecular weight is 412 g/mol. The van der Waals surface area contributed by atoms with Gasteiger partial charge in [-0.15, -0.1) is 11.3 Å². The van der Waals surface area contributed by atoms with Crippen molar-refractivity contribution < 1.29 is 18.7 Å². The average Bonchev–Trinajstić information content (AvgIpc) is 3.13. The molecular formula is C22H21FN2O3S. The monoisotopic (exact) mass is 412 g/mol. The Morgan fingerprint density at radius 1 is 1.14 bits per heavy atom. The number of aromatic nitrogens is 1. The van der Waals surface area contributed by atoms with Crippen molar-refractivity contribution in [2.24, 2.45) is 0 Å². The van der Waals surface area contributed by atoms with Crippen LogP contribution in [0.25, 0.3) is 10.6 Å². The van der Waals surface area contributed by atoms with Gasteiger partial charge in [0.15, 0.2) is 6.10 Å². The number of hydrogen-bond acceptors (Lipinski definition) is 5. The van der Waals surface area contributed by atoms with Crippen molar-refractivity contribution >= 4 is 28.9 Å². The highest BCUT2D eigenvalue weighted by atomic mass is 32.1. The lowest BCUT2D eigenvalue weighted by Gasteiger charge is -2.16. The quantitative estimate of drug-likeness (QED) is 0.597. The van der Waals surface area contributed by atoms with Gasteiger partial charge in [0.05, 0.1) is 12.1 Å². The Bertz CT molecular complexity index is 1010. The Labute approximate surface area is 172 Å². The summed E-state index contributed by atoms with van der Waals surface area (Å²) in [4.78, 5) is 29.0. The van der Waals surface area contributed by atoms with Crippen LogP contribution in [0.2, 0.25) is 0 Å². The van der Waals surface area contributed by atoms with Gasteiger partial charge in [-0.3, -0.25) is 9.59 Å². The zero-order chi connectivity index (χ0) is 21.0. The first-order valence-electron chi connectivity index (χ1n) is 9.10. The van der Waals surface area contributed by atoms with Crippen LogP contribution in [0, 0.1) is 19.7 Å². The molecule has 0 unspecified atom stereocenters. The predicted molar refractivity (Wildman–Crippen MR) is 111 cm³/mol. The summed E-state index contributed by atoms with van der Waals surface area (Å²) in [6, 6.07) is 11.7. The molecule has 2 aromatic carbocycles. The number of nitrogens with zero attached hydrogens (tertiary/aromatic N) is 1. The van der Waals surface area contributed by atoms with Crippen LogP contribution in [-0.4, -0.2) is 23.0 Å². The van der Waals surface area contributed by atoms with Gasteiger partial charge in [-0.1, -0.05) is 18.2 Å². The number of ether oxygens (including phenoxy) is 1. The van der Waals surface area contributed by atoms with Crippen molar-refractivity contribution in [1.29, 1.82) is 0 Å². The number of carbonyl (C=O) groups excluding carboxylic acids is 2. The number of benzene rings is 2. The van der Waals surface area contributed by atoms with Gasteiger partial charge in [-0.25, -0.2) is 9.37 Å². The second kappa shape index (κ2) is 8.96. The molecule has 1 atom stereocenters. The van der Waals surface area contributed by atoms with Crippen LogP contribution in [0.1, 0.15) is 23.7 Å². The molecule has 7 heteroatoms. The predicted octanol–water partition coefficient (Wildman–Crippen LogP) is 4.68. The third-order valence-electron chi connectivity index (χ3n) is 4.38. The van der Waals surface area contributed by atoms with E-state index < -0.39 is 12.1 Å². The van der Waals surface area contributed by atoms with Crippen LogP contribution >= 0.6 is 11.3 Å². The minimum atomic E-state index is -0.934. The summed E-state index contributed by atoms with van der Waals surface area (Å²) < 4.78 is 18.3. The molecule has 0 aliphatic rings.